The first-order chi connectivity index (χ1) is 22.2. The van der Waals surface area contributed by atoms with Crippen molar-refractivity contribution in [2.24, 2.45) is 0 Å². The van der Waals surface area contributed by atoms with Crippen LogP contribution in [-0.4, -0.2) is 63.3 Å². The van der Waals surface area contributed by atoms with Gasteiger partial charge in [0.25, 0.3) is 0 Å². The van der Waals surface area contributed by atoms with Crippen LogP contribution in [0.25, 0.3) is 43.7 Å². The summed E-state index contributed by atoms with van der Waals surface area (Å²) in [5.74, 6) is -1.41. The molecule has 10 heteroatoms. The van der Waals surface area contributed by atoms with Gasteiger partial charge in [-0.3, -0.25) is 9.48 Å². The average molecular weight is 640 g/mol. The first-order valence-corrected chi connectivity index (χ1v) is 16.4. The maximum atomic E-state index is 16.0. The van der Waals surface area contributed by atoms with Gasteiger partial charge in [-0.15, -0.1) is 11.3 Å². The summed E-state index contributed by atoms with van der Waals surface area (Å²) in [5.41, 5.74) is 6.32. The molecular weight excluding hydrogens is 604 g/mol. The van der Waals surface area contributed by atoms with E-state index in [1.54, 1.807) is 11.1 Å². The molecule has 7 rings (SSSR count). The molecule has 46 heavy (non-hydrogen) atoms. The fourth-order valence-corrected chi connectivity index (χ4v) is 7.56. The van der Waals surface area contributed by atoms with Crippen molar-refractivity contribution < 1.29 is 18.3 Å². The lowest BCUT2D eigenvalue weighted by molar-refractivity contribution is -0.125. The lowest BCUT2D eigenvalue weighted by Gasteiger charge is -2.25. The third-order valence-corrected chi connectivity index (χ3v) is 9.75. The number of aromatic nitrogens is 3. The van der Waals surface area contributed by atoms with E-state index in [1.807, 2.05) is 36.2 Å². The van der Waals surface area contributed by atoms with Gasteiger partial charge in [-0.1, -0.05) is 18.7 Å². The van der Waals surface area contributed by atoms with E-state index in [4.69, 9.17) is 14.8 Å². The summed E-state index contributed by atoms with van der Waals surface area (Å²) in [5, 5.41) is 7.56. The summed E-state index contributed by atoms with van der Waals surface area (Å²) >= 11 is 1.49. The summed E-state index contributed by atoms with van der Waals surface area (Å²) in [6, 6.07) is 10.6. The number of ether oxygens (including phenoxy) is 1. The molecule has 1 saturated heterocycles. The second-order valence-corrected chi connectivity index (χ2v) is 13.3. The number of likely N-dealkylation sites (N-methyl/N-ethyl adjacent to an activating group) is 1. The summed E-state index contributed by atoms with van der Waals surface area (Å²) in [6.07, 6.45) is 6.37. The predicted molar refractivity (Wildman–Crippen MR) is 178 cm³/mol. The van der Waals surface area contributed by atoms with E-state index in [-0.39, 0.29) is 29.4 Å². The number of fused-ring (bicyclic) bond motifs is 2. The summed E-state index contributed by atoms with van der Waals surface area (Å²) < 4.78 is 39.3. The smallest absolute Gasteiger partial charge is 0.246 e. The van der Waals surface area contributed by atoms with Gasteiger partial charge in [0.05, 0.1) is 35.3 Å². The van der Waals surface area contributed by atoms with Crippen LogP contribution in [0.5, 0.6) is 5.75 Å². The van der Waals surface area contributed by atoms with Crippen molar-refractivity contribution in [3.8, 4) is 39.4 Å². The molecule has 0 spiro atoms. The standard InChI is InChI=1S/C36H35F2N5O2S/c1-5-31(44)42-12-9-27(20-42)43-19-25(17-39-43)35-33(32-29(38)15-26(37)16-30(32)45-21(2)3)36-28(10-13-46-36)34(40-35)23-6-7-24-18-41(4)11-8-22(24)14-23/h5-7,10,13-17,19,21,27H,1,8-9,11-12,18,20H2,2-4H3/t27-/m0/s1. The fourth-order valence-electron chi connectivity index (χ4n) is 6.61. The maximum Gasteiger partial charge on any atom is 0.246 e. The van der Waals surface area contributed by atoms with Crippen molar-refractivity contribution in [2.75, 3.05) is 26.7 Å². The van der Waals surface area contributed by atoms with Crippen LogP contribution in [0.1, 0.15) is 37.4 Å². The van der Waals surface area contributed by atoms with Crippen LogP contribution in [0, 0.1) is 11.6 Å². The van der Waals surface area contributed by atoms with E-state index in [0.717, 1.165) is 53.3 Å². The molecular formula is C36H35F2N5O2S. The number of carbonyl (C=O) groups excluding carboxylic acids is 1. The van der Waals surface area contributed by atoms with Crippen molar-refractivity contribution in [1.29, 1.82) is 0 Å². The van der Waals surface area contributed by atoms with E-state index in [1.165, 1.54) is 34.6 Å². The van der Waals surface area contributed by atoms with Crippen molar-refractivity contribution in [2.45, 2.75) is 45.4 Å². The number of rotatable bonds is 7. The quantitative estimate of drug-likeness (QED) is 0.173. The Morgan fingerprint density at radius 1 is 1.09 bits per heavy atom. The van der Waals surface area contributed by atoms with Crippen LogP contribution >= 0.6 is 11.3 Å². The molecule has 1 fully saturated rings. The Kier molecular flexibility index (Phi) is 7.94. The van der Waals surface area contributed by atoms with E-state index in [9.17, 15) is 9.18 Å². The third-order valence-electron chi connectivity index (χ3n) is 8.82. The molecule has 1 atom stereocenters. The molecule has 0 unspecified atom stereocenters. The topological polar surface area (TPSA) is 63.5 Å². The van der Waals surface area contributed by atoms with Gasteiger partial charge in [0, 0.05) is 71.3 Å². The van der Waals surface area contributed by atoms with Crippen LogP contribution in [0.4, 0.5) is 8.78 Å². The van der Waals surface area contributed by atoms with Gasteiger partial charge in [0.15, 0.2) is 0 Å². The monoisotopic (exact) mass is 639 g/mol. The summed E-state index contributed by atoms with van der Waals surface area (Å²) in [7, 11) is 2.13. The number of hydrogen-bond acceptors (Lipinski definition) is 6. The number of halogens is 2. The van der Waals surface area contributed by atoms with Gasteiger partial charge < -0.3 is 14.5 Å². The molecule has 0 bridgehead atoms. The van der Waals surface area contributed by atoms with Crippen molar-refractivity contribution in [3.63, 3.8) is 0 Å². The Hall–Kier alpha value is -4.41. The molecule has 0 saturated carbocycles. The fraction of sp³-hybridized carbons (Fsp3) is 0.306. The number of carbonyl (C=O) groups is 1. The maximum absolute atomic E-state index is 16.0. The molecule has 3 aromatic heterocycles. The van der Waals surface area contributed by atoms with Crippen LogP contribution in [0.3, 0.4) is 0 Å². The Morgan fingerprint density at radius 3 is 2.74 bits per heavy atom. The molecule has 2 aliphatic heterocycles. The van der Waals surface area contributed by atoms with Gasteiger partial charge in [0.2, 0.25) is 5.91 Å². The zero-order valence-electron chi connectivity index (χ0n) is 26.1. The van der Waals surface area contributed by atoms with Crippen LogP contribution < -0.4 is 4.74 Å². The van der Waals surface area contributed by atoms with Gasteiger partial charge in [-0.05, 0) is 68.5 Å². The molecule has 2 aromatic carbocycles. The zero-order valence-corrected chi connectivity index (χ0v) is 26.9. The molecule has 1 amide bonds. The van der Waals surface area contributed by atoms with E-state index in [2.05, 4.69) is 36.7 Å². The number of thiophene rings is 1. The third kappa shape index (κ3) is 5.49. The minimum absolute atomic E-state index is 0.0211. The second-order valence-electron chi connectivity index (χ2n) is 12.4. The molecule has 236 valence electrons. The Balaban J connectivity index is 1.43. The van der Waals surface area contributed by atoms with Crippen LogP contribution in [-0.2, 0) is 17.8 Å². The second kappa shape index (κ2) is 12.1. The normalized spacial score (nSPS) is 16.7. The molecule has 0 aliphatic carbocycles. The Labute approximate surface area is 270 Å². The largest absolute Gasteiger partial charge is 0.490 e. The summed E-state index contributed by atoms with van der Waals surface area (Å²) in [4.78, 5) is 21.6. The van der Waals surface area contributed by atoms with E-state index in [0.29, 0.717) is 29.9 Å². The summed E-state index contributed by atoms with van der Waals surface area (Å²) in [6.45, 7) is 10.3. The number of hydrogen-bond donors (Lipinski definition) is 0. The first kappa shape index (κ1) is 30.3. The molecule has 5 heterocycles. The Bertz CT molecular complexity index is 1980. The van der Waals surface area contributed by atoms with E-state index < -0.39 is 11.6 Å². The van der Waals surface area contributed by atoms with Crippen LogP contribution in [0.2, 0.25) is 0 Å². The highest BCUT2D eigenvalue weighted by Gasteiger charge is 2.29. The SMILES string of the molecule is C=CC(=O)N1CC[C@H](n2cc(-c3nc(-c4ccc5c(c4)CCN(C)C5)c4ccsc4c3-c3c(F)cc(F)cc3OC(C)C)cn2)C1. The lowest BCUT2D eigenvalue weighted by Crippen LogP contribution is -2.27. The first-order valence-electron chi connectivity index (χ1n) is 15.5. The number of amides is 1. The minimum Gasteiger partial charge on any atom is -0.490 e. The molecule has 0 N–H and O–H groups in total. The van der Waals surface area contributed by atoms with E-state index >= 15 is 4.39 Å². The predicted octanol–water partition coefficient (Wildman–Crippen LogP) is 7.51. The average Bonchev–Trinajstić information content (AvgIpc) is 3.81. The number of likely N-dealkylation sites (tertiary alicyclic amines) is 1. The van der Waals surface area contributed by atoms with Gasteiger partial charge in [-0.2, -0.15) is 5.10 Å². The number of nitrogens with zero attached hydrogens (tertiary/aromatic N) is 5. The number of benzene rings is 2. The highest BCUT2D eigenvalue weighted by Crippen LogP contribution is 2.47. The molecule has 0 radical (unpaired) electrons. The van der Waals surface area contributed by atoms with Crippen molar-refractivity contribution in [1.82, 2.24) is 24.6 Å². The van der Waals surface area contributed by atoms with Gasteiger partial charge >= 0.3 is 0 Å². The van der Waals surface area contributed by atoms with Crippen molar-refractivity contribution >= 4 is 27.3 Å². The molecule has 5 aromatic rings. The molecule has 2 aliphatic rings. The highest BCUT2D eigenvalue weighted by molar-refractivity contribution is 7.18. The van der Waals surface area contributed by atoms with Gasteiger partial charge in [-0.25, -0.2) is 13.8 Å². The van der Waals surface area contributed by atoms with Gasteiger partial charge in [0.1, 0.15) is 17.4 Å². The highest BCUT2D eigenvalue weighted by atomic mass is 32.1. The Morgan fingerprint density at radius 2 is 1.93 bits per heavy atom. The van der Waals surface area contributed by atoms with Crippen molar-refractivity contribution in [3.05, 3.63) is 89.6 Å². The molecule has 7 nitrogen and oxygen atoms in total. The lowest BCUT2D eigenvalue weighted by atomic mass is 9.93. The minimum atomic E-state index is -0.721. The number of pyridine rings is 1. The van der Waals surface area contributed by atoms with Crippen LogP contribution in [0.15, 0.2) is 66.8 Å². The zero-order chi connectivity index (χ0) is 32.1.